The van der Waals surface area contributed by atoms with Gasteiger partial charge in [-0.2, -0.15) is 0 Å². The largest absolute Gasteiger partial charge is 0.497 e. The number of likely N-dealkylation sites (tertiary alicyclic amines) is 1. The number of hydrogen-bond donors (Lipinski definition) is 0. The van der Waals surface area contributed by atoms with E-state index in [0.717, 1.165) is 23.5 Å². The summed E-state index contributed by atoms with van der Waals surface area (Å²) in [5, 5.41) is 2.78. The molecule has 2 aliphatic rings. The van der Waals surface area contributed by atoms with E-state index in [0.29, 0.717) is 56.3 Å². The molecule has 0 aliphatic carbocycles. The average molecular weight is 565 g/mol. The van der Waals surface area contributed by atoms with Gasteiger partial charge in [-0.3, -0.25) is 14.4 Å². The summed E-state index contributed by atoms with van der Waals surface area (Å²) >= 11 is 1.51. The molecule has 210 valence electrons. The number of ether oxygens (including phenoxy) is 1. The van der Waals surface area contributed by atoms with Gasteiger partial charge in [-0.1, -0.05) is 0 Å². The van der Waals surface area contributed by atoms with E-state index in [4.69, 9.17) is 4.74 Å². The maximum atomic E-state index is 13.2. The highest BCUT2D eigenvalue weighted by atomic mass is 32.1. The summed E-state index contributed by atoms with van der Waals surface area (Å²) in [6.45, 7) is 3.79. The standard InChI is InChI=1S/C30H33FN4O4S/c1-39-25-8-2-21(3-9-25)27(36)10-11-28(37)34-14-12-22(13-15-34)29-32-26(20-40-29)30(38)35-18-16-33(17-19-35)24-6-4-23(31)5-7-24/h2-9,20,22H,10-19H2,1H3. The number of amides is 2. The molecule has 3 aromatic rings. The number of thiazole rings is 1. The van der Waals surface area contributed by atoms with Gasteiger partial charge in [0.15, 0.2) is 5.78 Å². The van der Waals surface area contributed by atoms with Crippen LogP contribution in [0.5, 0.6) is 5.75 Å². The van der Waals surface area contributed by atoms with Crippen LogP contribution in [0, 0.1) is 5.82 Å². The van der Waals surface area contributed by atoms with Gasteiger partial charge in [0.25, 0.3) is 5.91 Å². The van der Waals surface area contributed by atoms with Crippen LogP contribution in [0.15, 0.2) is 53.9 Å². The summed E-state index contributed by atoms with van der Waals surface area (Å²) < 4.78 is 18.3. The number of piperazine rings is 1. The van der Waals surface area contributed by atoms with Crippen LogP contribution >= 0.6 is 11.3 Å². The monoisotopic (exact) mass is 564 g/mol. The second kappa shape index (κ2) is 12.6. The summed E-state index contributed by atoms with van der Waals surface area (Å²) in [4.78, 5) is 48.8. The summed E-state index contributed by atoms with van der Waals surface area (Å²) in [6.07, 6.45) is 1.95. The fourth-order valence-corrected chi connectivity index (χ4v) is 6.20. The summed E-state index contributed by atoms with van der Waals surface area (Å²) in [5.74, 6) is 0.528. The van der Waals surface area contributed by atoms with Crippen molar-refractivity contribution in [2.45, 2.75) is 31.6 Å². The molecule has 2 amide bonds. The number of halogens is 1. The number of ketones is 1. The van der Waals surface area contributed by atoms with Crippen LogP contribution in [-0.4, -0.2) is 78.8 Å². The Hall–Kier alpha value is -3.79. The Morgan fingerprint density at radius 2 is 1.57 bits per heavy atom. The number of aromatic nitrogens is 1. The zero-order chi connectivity index (χ0) is 28.1. The Morgan fingerprint density at radius 3 is 2.23 bits per heavy atom. The van der Waals surface area contributed by atoms with Gasteiger partial charge in [0.2, 0.25) is 5.91 Å². The van der Waals surface area contributed by atoms with Crippen LogP contribution in [-0.2, 0) is 4.79 Å². The first kappa shape index (κ1) is 27.8. The molecule has 2 aliphatic heterocycles. The van der Waals surface area contributed by atoms with Crippen LogP contribution in [0.2, 0.25) is 0 Å². The topological polar surface area (TPSA) is 83.0 Å². The first-order valence-corrected chi connectivity index (χ1v) is 14.5. The maximum absolute atomic E-state index is 13.2. The second-order valence-corrected chi connectivity index (χ2v) is 11.0. The van der Waals surface area contributed by atoms with E-state index in [1.54, 1.807) is 43.5 Å². The van der Waals surface area contributed by atoms with E-state index in [2.05, 4.69) is 9.88 Å². The van der Waals surface area contributed by atoms with Crippen molar-refractivity contribution in [1.29, 1.82) is 0 Å². The lowest BCUT2D eigenvalue weighted by molar-refractivity contribution is -0.132. The molecule has 8 nitrogen and oxygen atoms in total. The number of anilines is 1. The van der Waals surface area contributed by atoms with Gasteiger partial charge in [0.05, 0.1) is 12.1 Å². The predicted octanol–water partition coefficient (Wildman–Crippen LogP) is 4.62. The average Bonchev–Trinajstić information content (AvgIpc) is 3.50. The molecule has 2 aromatic carbocycles. The summed E-state index contributed by atoms with van der Waals surface area (Å²) in [7, 11) is 1.58. The van der Waals surface area contributed by atoms with Crippen molar-refractivity contribution in [1.82, 2.24) is 14.8 Å². The van der Waals surface area contributed by atoms with Crippen LogP contribution < -0.4 is 9.64 Å². The van der Waals surface area contributed by atoms with Gasteiger partial charge in [-0.15, -0.1) is 11.3 Å². The molecule has 0 bridgehead atoms. The Morgan fingerprint density at radius 1 is 0.900 bits per heavy atom. The molecule has 2 saturated heterocycles. The molecule has 3 heterocycles. The van der Waals surface area contributed by atoms with Crippen molar-refractivity contribution >= 4 is 34.6 Å². The Labute approximate surface area is 237 Å². The van der Waals surface area contributed by atoms with E-state index in [-0.39, 0.29) is 42.2 Å². The minimum Gasteiger partial charge on any atom is -0.497 e. The number of methoxy groups -OCH3 is 1. The van der Waals surface area contributed by atoms with Crippen LogP contribution in [0.3, 0.4) is 0 Å². The molecule has 40 heavy (non-hydrogen) atoms. The second-order valence-electron chi connectivity index (χ2n) is 10.1. The lowest BCUT2D eigenvalue weighted by Crippen LogP contribution is -2.48. The van der Waals surface area contributed by atoms with Gasteiger partial charge in [-0.05, 0) is 61.4 Å². The lowest BCUT2D eigenvalue weighted by Gasteiger charge is -2.35. The fourth-order valence-electron chi connectivity index (χ4n) is 5.23. The lowest BCUT2D eigenvalue weighted by atomic mass is 9.97. The van der Waals surface area contributed by atoms with Gasteiger partial charge in [0.1, 0.15) is 17.3 Å². The predicted molar refractivity (Wildman–Crippen MR) is 152 cm³/mol. The van der Waals surface area contributed by atoms with E-state index >= 15 is 0 Å². The van der Waals surface area contributed by atoms with E-state index in [1.165, 1.54) is 23.5 Å². The third-order valence-corrected chi connectivity index (χ3v) is 8.68. The number of carbonyl (C=O) groups is 3. The van der Waals surface area contributed by atoms with E-state index in [1.807, 2.05) is 15.2 Å². The molecule has 0 N–H and O–H groups in total. The Balaban J connectivity index is 1.07. The van der Waals surface area contributed by atoms with Gasteiger partial charge in [-0.25, -0.2) is 9.37 Å². The molecular formula is C30H33FN4O4S. The number of rotatable bonds is 8. The highest BCUT2D eigenvalue weighted by Gasteiger charge is 2.28. The van der Waals surface area contributed by atoms with Crippen molar-refractivity contribution in [3.8, 4) is 5.75 Å². The van der Waals surface area contributed by atoms with Crippen LogP contribution in [0.4, 0.5) is 10.1 Å². The first-order chi connectivity index (χ1) is 19.4. The number of benzene rings is 2. The van der Waals surface area contributed by atoms with Crippen LogP contribution in [0.25, 0.3) is 0 Å². The van der Waals surface area contributed by atoms with Gasteiger partial charge in [0, 0.05) is 74.7 Å². The van der Waals surface area contributed by atoms with Crippen LogP contribution in [0.1, 0.15) is 57.5 Å². The molecule has 0 radical (unpaired) electrons. The number of carbonyl (C=O) groups excluding carboxylic acids is 3. The number of hydrogen-bond acceptors (Lipinski definition) is 7. The van der Waals surface area contributed by atoms with Crippen molar-refractivity contribution in [2.24, 2.45) is 0 Å². The van der Waals surface area contributed by atoms with Crippen molar-refractivity contribution in [2.75, 3.05) is 51.3 Å². The fraction of sp³-hybridized carbons (Fsp3) is 0.400. The van der Waals surface area contributed by atoms with Gasteiger partial charge >= 0.3 is 0 Å². The normalized spacial score (nSPS) is 16.2. The van der Waals surface area contributed by atoms with Gasteiger partial charge < -0.3 is 19.4 Å². The molecule has 0 unspecified atom stereocenters. The molecule has 5 rings (SSSR count). The number of Topliss-reactive ketones (excluding diaryl/α,β-unsaturated/α-hetero) is 1. The SMILES string of the molecule is COc1ccc(C(=O)CCC(=O)N2CCC(c3nc(C(=O)N4CCN(c5ccc(F)cc5)CC4)cs3)CC2)cc1. The number of nitrogens with zero attached hydrogens (tertiary/aromatic N) is 4. The van der Waals surface area contributed by atoms with E-state index < -0.39 is 0 Å². The van der Waals surface area contributed by atoms with Crippen molar-refractivity contribution in [3.05, 3.63) is 76.0 Å². The molecule has 1 aromatic heterocycles. The van der Waals surface area contributed by atoms with E-state index in [9.17, 15) is 18.8 Å². The zero-order valence-corrected chi connectivity index (χ0v) is 23.4. The molecule has 0 spiro atoms. The molecule has 2 fully saturated rings. The van der Waals surface area contributed by atoms with Crippen molar-refractivity contribution < 1.29 is 23.5 Å². The summed E-state index contributed by atoms with van der Waals surface area (Å²) in [6, 6.07) is 13.4. The zero-order valence-electron chi connectivity index (χ0n) is 22.6. The molecule has 0 atom stereocenters. The highest BCUT2D eigenvalue weighted by Crippen LogP contribution is 2.31. The molecule has 0 saturated carbocycles. The minimum absolute atomic E-state index is 0.00454. The van der Waals surface area contributed by atoms with Crippen molar-refractivity contribution in [3.63, 3.8) is 0 Å². The molecule has 10 heteroatoms. The third kappa shape index (κ3) is 6.50. The Kier molecular flexibility index (Phi) is 8.74. The molecular weight excluding hydrogens is 531 g/mol. The highest BCUT2D eigenvalue weighted by molar-refractivity contribution is 7.09. The first-order valence-electron chi connectivity index (χ1n) is 13.6. The summed E-state index contributed by atoms with van der Waals surface area (Å²) in [5.41, 5.74) is 2.01. The minimum atomic E-state index is -0.258. The quantitative estimate of drug-likeness (QED) is 0.372. The Bertz CT molecular complexity index is 1330. The third-order valence-electron chi connectivity index (χ3n) is 7.67. The number of piperidine rings is 1. The maximum Gasteiger partial charge on any atom is 0.273 e. The smallest absolute Gasteiger partial charge is 0.273 e.